The van der Waals surface area contributed by atoms with Crippen molar-refractivity contribution >= 4 is 17.7 Å². The van der Waals surface area contributed by atoms with Crippen molar-refractivity contribution in [2.45, 2.75) is 22.6 Å². The van der Waals surface area contributed by atoms with Gasteiger partial charge in [0, 0.05) is 4.90 Å². The zero-order valence-corrected chi connectivity index (χ0v) is 13.8. The molecule has 0 saturated carbocycles. The van der Waals surface area contributed by atoms with Crippen LogP contribution in [0.2, 0.25) is 0 Å². The van der Waals surface area contributed by atoms with E-state index in [-0.39, 0.29) is 17.2 Å². The Morgan fingerprint density at radius 2 is 1.83 bits per heavy atom. The maximum absolute atomic E-state index is 12.8. The largest absolute Gasteiger partial charge is 0.467 e. The molecule has 2 heterocycles. The quantitative estimate of drug-likeness (QED) is 0.777. The summed E-state index contributed by atoms with van der Waals surface area (Å²) in [6.07, 6.45) is 2.41. The molecular weight excluding hydrogens is 318 g/mol. The van der Waals surface area contributed by atoms with Crippen LogP contribution in [0.4, 0.5) is 0 Å². The second kappa shape index (κ2) is 6.57. The second-order valence-electron chi connectivity index (χ2n) is 5.79. The lowest BCUT2D eigenvalue weighted by Crippen LogP contribution is -2.35. The number of carbonyl (C=O) groups is 1. The Hall–Kier alpha value is -2.46. The molecule has 2 unspecified atom stereocenters. The lowest BCUT2D eigenvalue weighted by Gasteiger charge is -2.19. The fraction of sp³-hybridized carbons (Fsp3) is 0.150. The zero-order valence-electron chi connectivity index (χ0n) is 13.0. The lowest BCUT2D eigenvalue weighted by molar-refractivity contribution is -0.121. The fourth-order valence-electron chi connectivity index (χ4n) is 2.98. The third-order valence-corrected chi connectivity index (χ3v) is 5.50. The Morgan fingerprint density at radius 3 is 2.58 bits per heavy atom. The van der Waals surface area contributed by atoms with Gasteiger partial charge in [0.05, 0.1) is 11.5 Å². The van der Waals surface area contributed by atoms with Gasteiger partial charge >= 0.3 is 0 Å². The topological polar surface area (TPSA) is 42.2 Å². The number of hydrogen-bond donors (Lipinski definition) is 1. The van der Waals surface area contributed by atoms with Gasteiger partial charge in [0.1, 0.15) is 11.8 Å². The molecule has 1 aromatic heterocycles. The molecule has 24 heavy (non-hydrogen) atoms. The van der Waals surface area contributed by atoms with Crippen LogP contribution in [0.5, 0.6) is 0 Å². The van der Waals surface area contributed by atoms with Gasteiger partial charge < -0.3 is 9.73 Å². The van der Waals surface area contributed by atoms with Crippen molar-refractivity contribution in [1.29, 1.82) is 0 Å². The molecule has 120 valence electrons. The van der Waals surface area contributed by atoms with Crippen LogP contribution in [0.3, 0.4) is 0 Å². The number of carbonyl (C=O) groups excluding carboxylic acids is 1. The van der Waals surface area contributed by atoms with Gasteiger partial charge in [0.15, 0.2) is 0 Å². The van der Waals surface area contributed by atoms with E-state index in [4.69, 9.17) is 4.42 Å². The summed E-state index contributed by atoms with van der Waals surface area (Å²) in [4.78, 5) is 14.0. The molecular formula is C20H17NO2S. The summed E-state index contributed by atoms with van der Waals surface area (Å²) in [6.45, 7) is 0. The van der Waals surface area contributed by atoms with Crippen LogP contribution in [-0.4, -0.2) is 11.2 Å². The Kier molecular flexibility index (Phi) is 4.13. The molecule has 1 aliphatic heterocycles. The summed E-state index contributed by atoms with van der Waals surface area (Å²) >= 11 is 1.64. The molecule has 4 rings (SSSR count). The molecule has 0 spiro atoms. The maximum Gasteiger partial charge on any atom is 0.234 e. The first-order chi connectivity index (χ1) is 11.8. The standard InChI is InChI=1S/C20H17NO2S/c22-20(18-13-15-9-4-5-11-17(15)24-18)21-19(16-10-6-12-23-16)14-7-2-1-3-8-14/h1-12,18-19H,13H2,(H,21,22). The van der Waals surface area contributed by atoms with Crippen molar-refractivity contribution in [2.24, 2.45) is 0 Å². The summed E-state index contributed by atoms with van der Waals surface area (Å²) in [5.41, 5.74) is 2.26. The summed E-state index contributed by atoms with van der Waals surface area (Å²) in [7, 11) is 0. The van der Waals surface area contributed by atoms with Gasteiger partial charge in [0.2, 0.25) is 5.91 Å². The summed E-state index contributed by atoms with van der Waals surface area (Å²) in [6, 6.07) is 21.6. The van der Waals surface area contributed by atoms with Crippen LogP contribution in [-0.2, 0) is 11.2 Å². The van der Waals surface area contributed by atoms with Crippen molar-refractivity contribution in [3.05, 3.63) is 89.9 Å². The fourth-order valence-corrected chi connectivity index (χ4v) is 4.19. The number of thioether (sulfide) groups is 1. The highest BCUT2D eigenvalue weighted by Gasteiger charge is 2.30. The Bertz CT molecular complexity index is 805. The number of fused-ring (bicyclic) bond motifs is 1. The van der Waals surface area contributed by atoms with E-state index < -0.39 is 0 Å². The van der Waals surface area contributed by atoms with Gasteiger partial charge in [-0.15, -0.1) is 11.8 Å². The lowest BCUT2D eigenvalue weighted by atomic mass is 10.0. The first kappa shape index (κ1) is 15.1. The average molecular weight is 335 g/mol. The van der Waals surface area contributed by atoms with Crippen LogP contribution in [0.1, 0.15) is 22.9 Å². The number of hydrogen-bond acceptors (Lipinski definition) is 3. The van der Waals surface area contributed by atoms with Gasteiger partial charge in [-0.1, -0.05) is 48.5 Å². The number of furan rings is 1. The van der Waals surface area contributed by atoms with E-state index in [9.17, 15) is 4.79 Å². The Balaban J connectivity index is 1.55. The minimum absolute atomic E-state index is 0.0430. The highest BCUT2D eigenvalue weighted by Crippen LogP contribution is 2.37. The number of benzene rings is 2. The van der Waals surface area contributed by atoms with E-state index >= 15 is 0 Å². The average Bonchev–Trinajstić information content (AvgIpc) is 3.29. The molecule has 0 radical (unpaired) electrons. The third kappa shape index (κ3) is 2.97. The molecule has 0 fully saturated rings. The highest BCUT2D eigenvalue weighted by molar-refractivity contribution is 8.01. The Morgan fingerprint density at radius 1 is 1.04 bits per heavy atom. The predicted octanol–water partition coefficient (Wildman–Crippen LogP) is 4.20. The number of nitrogens with one attached hydrogen (secondary N) is 1. The van der Waals surface area contributed by atoms with Gasteiger partial charge in [-0.25, -0.2) is 0 Å². The molecule has 2 aromatic carbocycles. The van der Waals surface area contributed by atoms with E-state index in [1.54, 1.807) is 18.0 Å². The maximum atomic E-state index is 12.8. The van der Waals surface area contributed by atoms with E-state index in [0.29, 0.717) is 0 Å². The van der Waals surface area contributed by atoms with Gasteiger partial charge in [0.25, 0.3) is 0 Å². The van der Waals surface area contributed by atoms with Crippen molar-refractivity contribution in [2.75, 3.05) is 0 Å². The van der Waals surface area contributed by atoms with Crippen molar-refractivity contribution in [1.82, 2.24) is 5.32 Å². The predicted molar refractivity (Wildman–Crippen MR) is 94.9 cm³/mol. The molecule has 4 heteroatoms. The van der Waals surface area contributed by atoms with Crippen LogP contribution in [0.25, 0.3) is 0 Å². The van der Waals surface area contributed by atoms with Crippen molar-refractivity contribution in [3.63, 3.8) is 0 Å². The molecule has 1 amide bonds. The van der Waals surface area contributed by atoms with Crippen LogP contribution in [0.15, 0.2) is 82.3 Å². The first-order valence-electron chi connectivity index (χ1n) is 7.94. The van der Waals surface area contributed by atoms with Gasteiger partial charge in [-0.05, 0) is 35.7 Å². The highest BCUT2D eigenvalue weighted by atomic mass is 32.2. The van der Waals surface area contributed by atoms with Crippen LogP contribution in [0, 0.1) is 0 Å². The SMILES string of the molecule is O=C(NC(c1ccccc1)c1ccco1)C1Cc2ccccc2S1. The van der Waals surface area contributed by atoms with E-state index in [1.807, 2.05) is 54.6 Å². The first-order valence-corrected chi connectivity index (χ1v) is 8.82. The van der Waals surface area contributed by atoms with Crippen molar-refractivity contribution in [3.8, 4) is 0 Å². The summed E-state index contributed by atoms with van der Waals surface area (Å²) in [5, 5.41) is 3.07. The molecule has 0 aliphatic carbocycles. The summed E-state index contributed by atoms with van der Waals surface area (Å²) < 4.78 is 5.55. The number of amides is 1. The minimum Gasteiger partial charge on any atom is -0.467 e. The molecule has 0 saturated heterocycles. The summed E-state index contributed by atoms with van der Waals surface area (Å²) in [5.74, 6) is 0.788. The Labute approximate surface area is 145 Å². The van der Waals surface area contributed by atoms with Crippen molar-refractivity contribution < 1.29 is 9.21 Å². The van der Waals surface area contributed by atoms with Crippen LogP contribution < -0.4 is 5.32 Å². The minimum atomic E-state index is -0.266. The second-order valence-corrected chi connectivity index (χ2v) is 7.03. The third-order valence-electron chi connectivity index (χ3n) is 4.19. The molecule has 1 aliphatic rings. The zero-order chi connectivity index (χ0) is 16.4. The van der Waals surface area contributed by atoms with Gasteiger partial charge in [-0.2, -0.15) is 0 Å². The molecule has 3 nitrogen and oxygen atoms in total. The molecule has 2 atom stereocenters. The molecule has 3 aromatic rings. The van der Waals surface area contributed by atoms with Crippen LogP contribution >= 0.6 is 11.8 Å². The van der Waals surface area contributed by atoms with E-state index in [0.717, 1.165) is 17.7 Å². The van der Waals surface area contributed by atoms with E-state index in [1.165, 1.54) is 10.5 Å². The number of rotatable bonds is 4. The molecule has 1 N–H and O–H groups in total. The molecule has 0 bridgehead atoms. The normalized spacial score (nSPS) is 17.2. The monoisotopic (exact) mass is 335 g/mol. The van der Waals surface area contributed by atoms with E-state index in [2.05, 4.69) is 17.4 Å². The van der Waals surface area contributed by atoms with Gasteiger partial charge in [-0.3, -0.25) is 4.79 Å². The smallest absolute Gasteiger partial charge is 0.234 e.